The van der Waals surface area contributed by atoms with Gasteiger partial charge in [0, 0.05) is 24.7 Å². The van der Waals surface area contributed by atoms with Crippen molar-refractivity contribution in [3.63, 3.8) is 0 Å². The molecule has 0 unspecified atom stereocenters. The van der Waals surface area contributed by atoms with E-state index >= 15 is 0 Å². The van der Waals surface area contributed by atoms with Gasteiger partial charge >= 0.3 is 5.91 Å². The number of thiazole rings is 1. The maximum atomic E-state index is 12.8. The molecule has 1 aliphatic heterocycles. The van der Waals surface area contributed by atoms with E-state index in [1.165, 1.54) is 17.4 Å². The van der Waals surface area contributed by atoms with E-state index in [0.29, 0.717) is 33.8 Å². The fourth-order valence-electron chi connectivity index (χ4n) is 3.20. The summed E-state index contributed by atoms with van der Waals surface area (Å²) in [4.78, 5) is 29.7. The van der Waals surface area contributed by atoms with E-state index in [4.69, 9.17) is 13.9 Å². The molecule has 3 heterocycles. The van der Waals surface area contributed by atoms with Gasteiger partial charge in [-0.2, -0.15) is 4.99 Å². The average Bonchev–Trinajstić information content (AvgIpc) is 3.30. The van der Waals surface area contributed by atoms with Crippen LogP contribution in [0.15, 0.2) is 69.3 Å². The van der Waals surface area contributed by atoms with Crippen LogP contribution in [-0.4, -0.2) is 17.3 Å². The lowest BCUT2D eigenvalue weighted by Crippen LogP contribution is -2.17. The molecule has 7 nitrogen and oxygen atoms in total. The average molecular weight is 406 g/mol. The monoisotopic (exact) mass is 406 g/mol. The number of amides is 1. The zero-order valence-electron chi connectivity index (χ0n) is 15.1. The van der Waals surface area contributed by atoms with E-state index in [2.05, 4.69) is 11.6 Å². The number of nitrogens with zero attached hydrogens (tertiary/aromatic N) is 2. The molecule has 0 spiro atoms. The van der Waals surface area contributed by atoms with Crippen molar-refractivity contribution >= 4 is 38.4 Å². The van der Waals surface area contributed by atoms with Crippen LogP contribution in [0.2, 0.25) is 0 Å². The van der Waals surface area contributed by atoms with Gasteiger partial charge in [0.25, 0.3) is 0 Å². The lowest BCUT2D eigenvalue weighted by molar-refractivity contribution is 0.0972. The summed E-state index contributed by atoms with van der Waals surface area (Å²) in [5, 5.41) is 0.419. The SMILES string of the molecule is C=CCn1c(=NC(=O)c2cc(=O)c3ccccc3o2)sc2cc3c(cc21)OCO3. The molecule has 8 heteroatoms. The van der Waals surface area contributed by atoms with E-state index in [-0.39, 0.29) is 18.0 Å². The van der Waals surface area contributed by atoms with Crippen molar-refractivity contribution < 1.29 is 18.7 Å². The first-order chi connectivity index (χ1) is 14.1. The minimum atomic E-state index is -0.628. The molecule has 0 N–H and O–H groups in total. The molecule has 0 aliphatic carbocycles. The smallest absolute Gasteiger partial charge is 0.315 e. The zero-order valence-corrected chi connectivity index (χ0v) is 15.9. The van der Waals surface area contributed by atoms with Crippen molar-refractivity contribution in [1.29, 1.82) is 0 Å². The Morgan fingerprint density at radius 1 is 1.21 bits per heavy atom. The number of ether oxygens (including phenoxy) is 2. The first-order valence-corrected chi connectivity index (χ1v) is 9.61. The molecule has 4 aromatic rings. The molecule has 1 aliphatic rings. The van der Waals surface area contributed by atoms with Crippen LogP contribution in [0.3, 0.4) is 0 Å². The Balaban J connectivity index is 1.66. The fourth-order valence-corrected chi connectivity index (χ4v) is 4.25. The number of benzene rings is 2. The predicted molar refractivity (Wildman–Crippen MR) is 109 cm³/mol. The standard InChI is InChI=1S/C21H14N2O5S/c1-2-7-23-13-8-16-17(27-11-26-16)10-19(13)29-21(23)22-20(25)18-9-14(24)12-5-3-4-6-15(12)28-18/h2-6,8-10H,1,7,11H2. The molecule has 0 bridgehead atoms. The van der Waals surface area contributed by atoms with Crippen LogP contribution >= 0.6 is 11.3 Å². The molecule has 2 aromatic carbocycles. The van der Waals surface area contributed by atoms with Gasteiger partial charge in [-0.05, 0) is 12.1 Å². The topological polar surface area (TPSA) is 83.0 Å². The summed E-state index contributed by atoms with van der Waals surface area (Å²) in [6.07, 6.45) is 1.72. The number of carbonyl (C=O) groups is 1. The molecule has 29 heavy (non-hydrogen) atoms. The highest BCUT2D eigenvalue weighted by Gasteiger charge is 2.18. The molecule has 144 valence electrons. The Hall–Kier alpha value is -3.65. The Morgan fingerprint density at radius 2 is 2.00 bits per heavy atom. The van der Waals surface area contributed by atoms with Crippen LogP contribution in [-0.2, 0) is 6.54 Å². The fraction of sp³-hybridized carbons (Fsp3) is 0.0952. The van der Waals surface area contributed by atoms with Crippen LogP contribution in [0, 0.1) is 0 Å². The number of allylic oxidation sites excluding steroid dienone is 1. The Bertz CT molecular complexity index is 1430. The van der Waals surface area contributed by atoms with Crippen molar-refractivity contribution in [2.75, 3.05) is 6.79 Å². The number of aromatic nitrogens is 1. The third-order valence-corrected chi connectivity index (χ3v) is 5.57. The van der Waals surface area contributed by atoms with E-state index in [1.54, 1.807) is 30.3 Å². The minimum absolute atomic E-state index is 0.106. The molecular weight excluding hydrogens is 392 g/mol. The van der Waals surface area contributed by atoms with Gasteiger partial charge in [-0.1, -0.05) is 29.5 Å². The summed E-state index contributed by atoms with van der Waals surface area (Å²) in [6.45, 7) is 4.42. The molecule has 5 rings (SSSR count). The summed E-state index contributed by atoms with van der Waals surface area (Å²) >= 11 is 1.33. The quantitative estimate of drug-likeness (QED) is 0.487. The Labute approximate surface area is 167 Å². The molecule has 0 saturated carbocycles. The highest BCUT2D eigenvalue weighted by atomic mass is 32.1. The second kappa shape index (κ2) is 6.75. The molecular formula is C21H14N2O5S. The maximum absolute atomic E-state index is 12.8. The summed E-state index contributed by atoms with van der Waals surface area (Å²) < 4.78 is 19.2. The van der Waals surface area contributed by atoms with Crippen molar-refractivity contribution in [2.45, 2.75) is 6.54 Å². The molecule has 0 atom stereocenters. The van der Waals surface area contributed by atoms with Gasteiger partial charge in [0.05, 0.1) is 15.6 Å². The summed E-state index contributed by atoms with van der Waals surface area (Å²) in [5.41, 5.74) is 0.914. The Kier molecular flexibility index (Phi) is 4.06. The zero-order chi connectivity index (χ0) is 20.0. The largest absolute Gasteiger partial charge is 0.454 e. The minimum Gasteiger partial charge on any atom is -0.454 e. The Morgan fingerprint density at radius 3 is 2.83 bits per heavy atom. The van der Waals surface area contributed by atoms with Crippen LogP contribution < -0.4 is 19.7 Å². The third kappa shape index (κ3) is 2.94. The lowest BCUT2D eigenvalue weighted by Gasteiger charge is -2.02. The maximum Gasteiger partial charge on any atom is 0.315 e. The number of hydrogen-bond acceptors (Lipinski definition) is 6. The molecule has 0 radical (unpaired) electrons. The molecule has 0 saturated heterocycles. The number of fused-ring (bicyclic) bond motifs is 3. The summed E-state index contributed by atoms with van der Waals surface area (Å²) in [6, 6.07) is 11.7. The van der Waals surface area contributed by atoms with E-state index in [0.717, 1.165) is 10.2 Å². The summed E-state index contributed by atoms with van der Waals surface area (Å²) in [5.74, 6) is 0.567. The number of carbonyl (C=O) groups excluding carboxylic acids is 1. The number of para-hydroxylation sites is 1. The van der Waals surface area contributed by atoms with Gasteiger partial charge in [0.15, 0.2) is 27.5 Å². The van der Waals surface area contributed by atoms with Crippen LogP contribution in [0.25, 0.3) is 21.2 Å². The second-order valence-electron chi connectivity index (χ2n) is 6.35. The van der Waals surface area contributed by atoms with Crippen LogP contribution in [0.5, 0.6) is 11.5 Å². The molecule has 2 aromatic heterocycles. The third-order valence-electron chi connectivity index (χ3n) is 4.53. The molecule has 0 fully saturated rings. The van der Waals surface area contributed by atoms with Gasteiger partial charge in [0.1, 0.15) is 5.58 Å². The van der Waals surface area contributed by atoms with E-state index in [9.17, 15) is 9.59 Å². The van der Waals surface area contributed by atoms with E-state index in [1.807, 2.05) is 16.7 Å². The van der Waals surface area contributed by atoms with Crippen molar-refractivity contribution in [1.82, 2.24) is 4.57 Å². The first-order valence-electron chi connectivity index (χ1n) is 8.80. The van der Waals surface area contributed by atoms with Crippen LogP contribution in [0.4, 0.5) is 0 Å². The normalized spacial score (nSPS) is 13.3. The van der Waals surface area contributed by atoms with Crippen molar-refractivity contribution in [3.05, 3.63) is 75.9 Å². The predicted octanol–water partition coefficient (Wildman–Crippen LogP) is 3.47. The van der Waals surface area contributed by atoms with Crippen LogP contribution in [0.1, 0.15) is 10.6 Å². The van der Waals surface area contributed by atoms with Gasteiger partial charge < -0.3 is 18.5 Å². The highest BCUT2D eigenvalue weighted by molar-refractivity contribution is 7.16. The van der Waals surface area contributed by atoms with Gasteiger partial charge in [-0.15, -0.1) is 6.58 Å². The molecule has 1 amide bonds. The van der Waals surface area contributed by atoms with Gasteiger partial charge in [-0.25, -0.2) is 0 Å². The highest BCUT2D eigenvalue weighted by Crippen LogP contribution is 2.37. The van der Waals surface area contributed by atoms with Gasteiger partial charge in [0.2, 0.25) is 6.79 Å². The second-order valence-corrected chi connectivity index (χ2v) is 7.35. The number of hydrogen-bond donors (Lipinski definition) is 0. The summed E-state index contributed by atoms with van der Waals surface area (Å²) in [7, 11) is 0. The number of rotatable bonds is 3. The lowest BCUT2D eigenvalue weighted by atomic mass is 10.2. The van der Waals surface area contributed by atoms with Gasteiger partial charge in [-0.3, -0.25) is 9.59 Å². The van der Waals surface area contributed by atoms with Crippen molar-refractivity contribution in [2.24, 2.45) is 4.99 Å². The van der Waals surface area contributed by atoms with Crippen molar-refractivity contribution in [3.8, 4) is 11.5 Å². The van der Waals surface area contributed by atoms with E-state index < -0.39 is 5.91 Å². The first kappa shape index (κ1) is 17.4.